The van der Waals surface area contributed by atoms with Gasteiger partial charge in [0.2, 0.25) is 0 Å². The Labute approximate surface area is 137 Å². The zero-order valence-electron chi connectivity index (χ0n) is 13.5. The Morgan fingerprint density at radius 1 is 0.696 bits per heavy atom. The van der Waals surface area contributed by atoms with Crippen LogP contribution >= 0.6 is 0 Å². The van der Waals surface area contributed by atoms with E-state index in [0.717, 1.165) is 0 Å². The zero-order valence-corrected chi connectivity index (χ0v) is 13.5. The number of hydrogen-bond donors (Lipinski definition) is 0. The summed E-state index contributed by atoms with van der Waals surface area (Å²) >= 11 is 0. The molecule has 0 spiro atoms. The van der Waals surface area contributed by atoms with Crippen LogP contribution in [0.25, 0.3) is 0 Å². The number of allylic oxidation sites excluding steroid dienone is 2. The normalized spacial score (nSPS) is 37.7. The molecule has 6 atom stereocenters. The first-order valence-corrected chi connectivity index (χ1v) is 8.77. The maximum absolute atomic E-state index is 6.53. The SMILES string of the molecule is CC(C)=C1[C@@H]2c3ccccc3[C@H]1[C@H]1[C@@H]2[C@H]2O[C@@H]1c1ccccc12. The number of fused-ring (bicyclic) bond motifs is 15. The van der Waals surface area contributed by atoms with E-state index in [9.17, 15) is 0 Å². The molecule has 2 fully saturated rings. The third kappa shape index (κ3) is 1.27. The number of rotatable bonds is 0. The van der Waals surface area contributed by atoms with E-state index in [1.807, 2.05) is 0 Å². The highest BCUT2D eigenvalue weighted by atomic mass is 16.5. The molecule has 2 aliphatic carbocycles. The van der Waals surface area contributed by atoms with Crippen LogP contribution in [0.5, 0.6) is 0 Å². The molecule has 23 heavy (non-hydrogen) atoms. The highest BCUT2D eigenvalue weighted by Gasteiger charge is 2.66. The van der Waals surface area contributed by atoms with Crippen LogP contribution in [0.15, 0.2) is 59.7 Å². The van der Waals surface area contributed by atoms with Gasteiger partial charge in [-0.25, -0.2) is 0 Å². The molecule has 2 aromatic carbocycles. The highest BCUT2D eigenvalue weighted by molar-refractivity contribution is 5.59. The third-order valence-corrected chi connectivity index (χ3v) is 6.73. The smallest absolute Gasteiger partial charge is 0.0878 e. The first-order chi connectivity index (χ1) is 11.3. The summed E-state index contributed by atoms with van der Waals surface area (Å²) < 4.78 is 6.53. The van der Waals surface area contributed by atoms with Crippen LogP contribution in [0, 0.1) is 11.8 Å². The fraction of sp³-hybridized carbons (Fsp3) is 0.364. The van der Waals surface area contributed by atoms with Crippen molar-refractivity contribution < 1.29 is 4.74 Å². The van der Waals surface area contributed by atoms with E-state index in [-0.39, 0.29) is 0 Å². The van der Waals surface area contributed by atoms with Gasteiger partial charge >= 0.3 is 0 Å². The average Bonchev–Trinajstić information content (AvgIpc) is 3.29. The summed E-state index contributed by atoms with van der Waals surface area (Å²) in [6.07, 6.45) is 0.609. The molecule has 1 saturated heterocycles. The lowest BCUT2D eigenvalue weighted by molar-refractivity contribution is 0.0490. The van der Waals surface area contributed by atoms with Crippen molar-refractivity contribution in [3.8, 4) is 0 Å². The predicted octanol–water partition coefficient (Wildman–Crippen LogP) is 5.28. The van der Waals surface area contributed by atoms with Gasteiger partial charge < -0.3 is 4.74 Å². The van der Waals surface area contributed by atoms with Gasteiger partial charge in [0.05, 0.1) is 12.2 Å². The maximum atomic E-state index is 6.53. The van der Waals surface area contributed by atoms with Crippen molar-refractivity contribution in [2.24, 2.45) is 11.8 Å². The molecular weight excluding hydrogens is 280 g/mol. The van der Waals surface area contributed by atoms with Gasteiger partial charge in [-0.15, -0.1) is 0 Å². The van der Waals surface area contributed by atoms with Gasteiger partial charge in [0.15, 0.2) is 0 Å². The van der Waals surface area contributed by atoms with Crippen LogP contribution in [0.2, 0.25) is 0 Å². The van der Waals surface area contributed by atoms with Gasteiger partial charge in [-0.1, -0.05) is 59.7 Å². The topological polar surface area (TPSA) is 9.23 Å². The van der Waals surface area contributed by atoms with Gasteiger partial charge in [-0.05, 0) is 36.1 Å². The van der Waals surface area contributed by atoms with E-state index in [1.54, 1.807) is 16.7 Å². The second-order valence-corrected chi connectivity index (χ2v) is 7.80. The lowest BCUT2D eigenvalue weighted by atomic mass is 9.67. The van der Waals surface area contributed by atoms with E-state index >= 15 is 0 Å². The van der Waals surface area contributed by atoms with Gasteiger partial charge in [0.1, 0.15) is 0 Å². The average molecular weight is 300 g/mol. The van der Waals surface area contributed by atoms with E-state index < -0.39 is 0 Å². The van der Waals surface area contributed by atoms with Crippen molar-refractivity contribution in [1.82, 2.24) is 0 Å². The Morgan fingerprint density at radius 3 is 1.57 bits per heavy atom. The minimum atomic E-state index is 0.305. The summed E-state index contributed by atoms with van der Waals surface area (Å²) in [7, 11) is 0. The summed E-state index contributed by atoms with van der Waals surface area (Å²) in [5.74, 6) is 2.43. The molecule has 2 aliphatic heterocycles. The van der Waals surface area contributed by atoms with Gasteiger partial charge in [0, 0.05) is 23.7 Å². The maximum Gasteiger partial charge on any atom is 0.0878 e. The molecular formula is C22H20O. The summed E-state index contributed by atoms with van der Waals surface area (Å²) in [6, 6.07) is 18.0. The fourth-order valence-electron chi connectivity index (χ4n) is 6.18. The summed E-state index contributed by atoms with van der Waals surface area (Å²) in [5, 5.41) is 0. The number of hydrogen-bond acceptors (Lipinski definition) is 1. The Hall–Kier alpha value is -1.86. The van der Waals surface area contributed by atoms with Crippen molar-refractivity contribution in [3.05, 3.63) is 81.9 Å². The second-order valence-electron chi connectivity index (χ2n) is 7.80. The predicted molar refractivity (Wildman–Crippen MR) is 90.3 cm³/mol. The lowest BCUT2D eigenvalue weighted by Crippen LogP contribution is -2.26. The molecule has 0 unspecified atom stereocenters. The molecule has 6 rings (SSSR count). The van der Waals surface area contributed by atoms with Crippen molar-refractivity contribution in [2.75, 3.05) is 0 Å². The van der Waals surface area contributed by atoms with Gasteiger partial charge in [-0.2, -0.15) is 0 Å². The van der Waals surface area contributed by atoms with Crippen molar-refractivity contribution in [3.63, 3.8) is 0 Å². The summed E-state index contributed by atoms with van der Waals surface area (Å²) in [5.41, 5.74) is 9.28. The fourth-order valence-corrected chi connectivity index (χ4v) is 6.18. The standard InChI is InChI=1S/C22H20O/c1-11(2)16-17-12-7-3-4-8-13(12)18(16)20-19(17)21-14-9-5-6-10-15(14)22(20)23-21/h3-10,17-22H,1-2H3/t17-,18+,19+,20-,21-,22+. The first-order valence-electron chi connectivity index (χ1n) is 8.77. The van der Waals surface area contributed by atoms with Crippen LogP contribution in [-0.2, 0) is 4.74 Å². The summed E-state index contributed by atoms with van der Waals surface area (Å²) in [6.45, 7) is 4.61. The zero-order chi connectivity index (χ0) is 15.3. The minimum Gasteiger partial charge on any atom is -0.365 e. The van der Waals surface area contributed by atoms with Crippen LogP contribution in [0.4, 0.5) is 0 Å². The second kappa shape index (κ2) is 3.96. The largest absolute Gasteiger partial charge is 0.365 e. The minimum absolute atomic E-state index is 0.305. The van der Waals surface area contributed by atoms with E-state index in [4.69, 9.17) is 4.74 Å². The molecule has 0 radical (unpaired) electrons. The first kappa shape index (κ1) is 12.5. The van der Waals surface area contributed by atoms with Crippen LogP contribution < -0.4 is 0 Å². The molecule has 0 amide bonds. The molecule has 1 nitrogen and oxygen atoms in total. The monoisotopic (exact) mass is 300 g/mol. The quantitative estimate of drug-likeness (QED) is 0.602. The van der Waals surface area contributed by atoms with Crippen molar-refractivity contribution >= 4 is 0 Å². The molecule has 1 saturated carbocycles. The molecule has 4 bridgehead atoms. The summed E-state index contributed by atoms with van der Waals surface area (Å²) in [4.78, 5) is 0. The lowest BCUT2D eigenvalue weighted by Gasteiger charge is -2.33. The molecule has 0 aromatic heterocycles. The Balaban J connectivity index is 1.61. The molecule has 2 heterocycles. The Bertz CT molecular complexity index is 809. The molecule has 114 valence electrons. The Kier molecular flexibility index (Phi) is 2.16. The van der Waals surface area contributed by atoms with Crippen LogP contribution in [0.1, 0.15) is 60.1 Å². The highest BCUT2D eigenvalue weighted by Crippen LogP contribution is 2.75. The van der Waals surface area contributed by atoms with Gasteiger partial charge in [-0.3, -0.25) is 0 Å². The van der Waals surface area contributed by atoms with E-state index in [1.165, 1.54) is 16.7 Å². The van der Waals surface area contributed by atoms with Gasteiger partial charge in [0.25, 0.3) is 0 Å². The van der Waals surface area contributed by atoms with E-state index in [0.29, 0.717) is 35.9 Å². The third-order valence-electron chi connectivity index (χ3n) is 6.73. The molecule has 2 aromatic rings. The van der Waals surface area contributed by atoms with Crippen molar-refractivity contribution in [2.45, 2.75) is 37.9 Å². The number of ether oxygens (including phenoxy) is 1. The van der Waals surface area contributed by atoms with Crippen molar-refractivity contribution in [1.29, 1.82) is 0 Å². The molecule has 0 N–H and O–H groups in total. The van der Waals surface area contributed by atoms with Crippen LogP contribution in [0.3, 0.4) is 0 Å². The number of benzene rings is 2. The molecule has 4 aliphatic rings. The Morgan fingerprint density at radius 2 is 1.13 bits per heavy atom. The van der Waals surface area contributed by atoms with E-state index in [2.05, 4.69) is 62.4 Å². The van der Waals surface area contributed by atoms with Crippen LogP contribution in [-0.4, -0.2) is 0 Å². The molecule has 1 heteroatoms.